The van der Waals surface area contributed by atoms with Crippen LogP contribution < -0.4 is 10.9 Å². The molecule has 0 bridgehead atoms. The molecule has 1 aliphatic rings. The van der Waals surface area contributed by atoms with Crippen molar-refractivity contribution in [2.75, 3.05) is 0 Å². The molecule has 0 spiro atoms. The molecule has 2 aromatic carbocycles. The van der Waals surface area contributed by atoms with Crippen LogP contribution in [0.3, 0.4) is 0 Å². The Morgan fingerprint density at radius 3 is 2.62 bits per heavy atom. The predicted molar refractivity (Wildman–Crippen MR) is 136 cm³/mol. The number of aromatic nitrogens is 4. The Morgan fingerprint density at radius 1 is 1.12 bits per heavy atom. The van der Waals surface area contributed by atoms with Gasteiger partial charge in [0.2, 0.25) is 5.78 Å². The Bertz CT molecular complexity index is 1400. The molecular formula is C26H29N5O2S. The summed E-state index contributed by atoms with van der Waals surface area (Å²) in [6.07, 6.45) is 5.17. The van der Waals surface area contributed by atoms with Gasteiger partial charge in [0.05, 0.1) is 10.9 Å². The molecule has 0 aliphatic heterocycles. The van der Waals surface area contributed by atoms with E-state index in [0.717, 1.165) is 37.9 Å². The summed E-state index contributed by atoms with van der Waals surface area (Å²) in [5.41, 5.74) is 3.53. The van der Waals surface area contributed by atoms with E-state index in [-0.39, 0.29) is 17.5 Å². The van der Waals surface area contributed by atoms with Crippen molar-refractivity contribution in [1.82, 2.24) is 24.5 Å². The van der Waals surface area contributed by atoms with E-state index in [1.807, 2.05) is 17.4 Å². The van der Waals surface area contributed by atoms with Gasteiger partial charge in [-0.25, -0.2) is 0 Å². The van der Waals surface area contributed by atoms with Crippen LogP contribution in [0.2, 0.25) is 0 Å². The van der Waals surface area contributed by atoms with E-state index in [1.54, 1.807) is 28.5 Å². The van der Waals surface area contributed by atoms with E-state index in [1.165, 1.54) is 11.1 Å². The molecule has 7 nitrogen and oxygen atoms in total. The van der Waals surface area contributed by atoms with Crippen molar-refractivity contribution < 1.29 is 4.79 Å². The van der Waals surface area contributed by atoms with Crippen LogP contribution in [0.25, 0.3) is 16.7 Å². The summed E-state index contributed by atoms with van der Waals surface area (Å²) in [7, 11) is 0. The zero-order valence-electron chi connectivity index (χ0n) is 19.6. The maximum absolute atomic E-state index is 13.3. The maximum atomic E-state index is 13.3. The molecule has 1 aliphatic carbocycles. The van der Waals surface area contributed by atoms with Crippen LogP contribution in [0.5, 0.6) is 0 Å². The normalized spacial score (nSPS) is 14.3. The van der Waals surface area contributed by atoms with Gasteiger partial charge in [-0.1, -0.05) is 61.4 Å². The Labute approximate surface area is 202 Å². The van der Waals surface area contributed by atoms with Gasteiger partial charge < -0.3 is 5.32 Å². The zero-order chi connectivity index (χ0) is 23.7. The van der Waals surface area contributed by atoms with Crippen molar-refractivity contribution >= 4 is 34.3 Å². The van der Waals surface area contributed by atoms with Gasteiger partial charge in [0.25, 0.3) is 11.5 Å². The summed E-state index contributed by atoms with van der Waals surface area (Å²) in [6, 6.07) is 14.0. The van der Waals surface area contributed by atoms with Crippen LogP contribution >= 0.6 is 11.8 Å². The number of thioether (sulfide) groups is 1. The first kappa shape index (κ1) is 22.7. The highest BCUT2D eigenvalue weighted by molar-refractivity contribution is 7.98. The molecule has 5 rings (SSSR count). The molecule has 176 valence electrons. The fourth-order valence-electron chi connectivity index (χ4n) is 4.61. The van der Waals surface area contributed by atoms with Crippen molar-refractivity contribution in [2.45, 2.75) is 69.4 Å². The van der Waals surface area contributed by atoms with Crippen LogP contribution in [-0.2, 0) is 12.3 Å². The van der Waals surface area contributed by atoms with Crippen molar-refractivity contribution in [3.8, 4) is 0 Å². The second-order valence-electron chi connectivity index (χ2n) is 9.04. The Morgan fingerprint density at radius 2 is 1.88 bits per heavy atom. The van der Waals surface area contributed by atoms with E-state index in [2.05, 4.69) is 46.7 Å². The molecule has 4 aromatic rings. The monoisotopic (exact) mass is 475 g/mol. The van der Waals surface area contributed by atoms with Crippen LogP contribution in [0, 0.1) is 6.92 Å². The fraction of sp³-hybridized carbons (Fsp3) is 0.385. The number of rotatable bonds is 7. The van der Waals surface area contributed by atoms with Crippen molar-refractivity contribution in [2.24, 2.45) is 0 Å². The number of benzene rings is 2. The largest absolute Gasteiger partial charge is 0.349 e. The summed E-state index contributed by atoms with van der Waals surface area (Å²) >= 11 is 1.58. The minimum atomic E-state index is -0.102. The van der Waals surface area contributed by atoms with Gasteiger partial charge in [0, 0.05) is 23.9 Å². The first-order valence-corrected chi connectivity index (χ1v) is 12.9. The van der Waals surface area contributed by atoms with E-state index in [0.29, 0.717) is 33.9 Å². The number of carbonyl (C=O) groups is 1. The van der Waals surface area contributed by atoms with Crippen molar-refractivity contribution in [1.29, 1.82) is 0 Å². The lowest BCUT2D eigenvalue weighted by atomic mass is 10.1. The number of nitrogens with one attached hydrogen (secondary N) is 1. The van der Waals surface area contributed by atoms with Crippen LogP contribution in [0.4, 0.5) is 0 Å². The average Bonchev–Trinajstić information content (AvgIpc) is 3.51. The standard InChI is InChI=1S/C26H29N5O2S/c1-3-14-30-24(33)21-13-12-19(23(32)27-20-6-4-5-7-20)15-22(21)31-25(30)28-29-26(31)34-16-18-10-8-17(2)9-11-18/h8-13,15,20H,3-7,14,16H2,1-2H3,(H,27,32). The molecule has 8 heteroatoms. The third-order valence-corrected chi connectivity index (χ3v) is 7.46. The number of nitrogens with zero attached hydrogens (tertiary/aromatic N) is 4. The second-order valence-corrected chi connectivity index (χ2v) is 9.98. The lowest BCUT2D eigenvalue weighted by Gasteiger charge is -2.14. The highest BCUT2D eigenvalue weighted by atomic mass is 32.2. The second kappa shape index (κ2) is 9.62. The third kappa shape index (κ3) is 4.34. The van der Waals surface area contributed by atoms with E-state index in [4.69, 9.17) is 0 Å². The van der Waals surface area contributed by atoms with Gasteiger partial charge in [0.1, 0.15) is 0 Å². The Balaban J connectivity index is 1.58. The minimum absolute atomic E-state index is 0.0957. The van der Waals surface area contributed by atoms with Crippen LogP contribution in [0.1, 0.15) is 60.5 Å². The van der Waals surface area contributed by atoms with Gasteiger partial charge in [-0.15, -0.1) is 10.2 Å². The van der Waals surface area contributed by atoms with Crippen LogP contribution in [0.15, 0.2) is 52.4 Å². The molecule has 1 amide bonds. The first-order chi connectivity index (χ1) is 16.5. The summed E-state index contributed by atoms with van der Waals surface area (Å²) in [5.74, 6) is 1.15. The van der Waals surface area contributed by atoms with Gasteiger partial charge in [-0.3, -0.25) is 18.6 Å². The minimum Gasteiger partial charge on any atom is -0.349 e. The molecule has 1 fully saturated rings. The highest BCUT2D eigenvalue weighted by Gasteiger charge is 2.21. The Hall–Kier alpha value is -3.13. The number of carbonyl (C=O) groups excluding carboxylic acids is 1. The number of hydrogen-bond acceptors (Lipinski definition) is 5. The number of aryl methyl sites for hydroxylation is 2. The molecule has 0 atom stereocenters. The highest BCUT2D eigenvalue weighted by Crippen LogP contribution is 2.26. The molecule has 2 heterocycles. The molecule has 0 radical (unpaired) electrons. The van der Waals surface area contributed by atoms with E-state index >= 15 is 0 Å². The maximum Gasteiger partial charge on any atom is 0.262 e. The zero-order valence-corrected chi connectivity index (χ0v) is 20.4. The van der Waals surface area contributed by atoms with Crippen molar-refractivity contribution in [3.63, 3.8) is 0 Å². The van der Waals surface area contributed by atoms with Crippen LogP contribution in [-0.4, -0.2) is 31.1 Å². The molecule has 2 aromatic heterocycles. The molecule has 34 heavy (non-hydrogen) atoms. The van der Waals surface area contributed by atoms with Gasteiger partial charge in [-0.2, -0.15) is 0 Å². The van der Waals surface area contributed by atoms with Gasteiger partial charge in [0.15, 0.2) is 5.16 Å². The molecular weight excluding hydrogens is 446 g/mol. The lowest BCUT2D eigenvalue weighted by Crippen LogP contribution is -2.32. The SMILES string of the molecule is CCCn1c(=O)c2ccc(C(=O)NC3CCCC3)cc2n2c(SCc3ccc(C)cc3)nnc12. The summed E-state index contributed by atoms with van der Waals surface area (Å²) < 4.78 is 3.61. The average molecular weight is 476 g/mol. The number of fused-ring (bicyclic) bond motifs is 3. The van der Waals surface area contributed by atoms with E-state index < -0.39 is 0 Å². The Kier molecular flexibility index (Phi) is 6.41. The fourth-order valence-corrected chi connectivity index (χ4v) is 5.51. The number of hydrogen-bond donors (Lipinski definition) is 1. The predicted octanol–water partition coefficient (Wildman–Crippen LogP) is 4.73. The van der Waals surface area contributed by atoms with Crippen molar-refractivity contribution in [3.05, 3.63) is 69.5 Å². The number of amides is 1. The molecule has 1 saturated carbocycles. The summed E-state index contributed by atoms with van der Waals surface area (Å²) in [6.45, 7) is 4.67. The van der Waals surface area contributed by atoms with E-state index in [9.17, 15) is 9.59 Å². The van der Waals surface area contributed by atoms with Gasteiger partial charge in [-0.05, 0) is 49.9 Å². The quantitative estimate of drug-likeness (QED) is 0.391. The summed E-state index contributed by atoms with van der Waals surface area (Å²) in [4.78, 5) is 26.2. The topological polar surface area (TPSA) is 81.3 Å². The molecule has 1 N–H and O–H groups in total. The smallest absolute Gasteiger partial charge is 0.262 e. The third-order valence-electron chi connectivity index (χ3n) is 6.46. The van der Waals surface area contributed by atoms with Gasteiger partial charge >= 0.3 is 0 Å². The first-order valence-electron chi connectivity index (χ1n) is 12.0. The summed E-state index contributed by atoms with van der Waals surface area (Å²) in [5, 5.41) is 13.2. The molecule has 0 unspecified atom stereocenters. The lowest BCUT2D eigenvalue weighted by molar-refractivity contribution is 0.0938. The molecule has 0 saturated heterocycles.